The highest BCUT2D eigenvalue weighted by molar-refractivity contribution is 9.10. The van der Waals surface area contributed by atoms with Crippen LogP contribution in [0.4, 0.5) is 5.13 Å². The molecule has 0 fully saturated rings. The van der Waals surface area contributed by atoms with Gasteiger partial charge in [-0.3, -0.25) is 0 Å². The molecule has 5 heteroatoms. The first-order chi connectivity index (χ1) is 4.24. The van der Waals surface area contributed by atoms with Crippen molar-refractivity contribution in [3.63, 3.8) is 0 Å². The van der Waals surface area contributed by atoms with Gasteiger partial charge in [-0.2, -0.15) is 0 Å². The Balaban J connectivity index is 3.01. The standard InChI is InChI=1S/C4H6BrN3S/c5-3-2(1-6)9-4(7)8-3/h1,6H2,(H2,7,8). The fourth-order valence-corrected chi connectivity index (χ4v) is 1.79. The molecular weight excluding hydrogens is 202 g/mol. The van der Waals surface area contributed by atoms with Crippen LogP contribution in [0.25, 0.3) is 0 Å². The molecule has 0 saturated carbocycles. The second-order valence-corrected chi connectivity index (χ2v) is 3.34. The van der Waals surface area contributed by atoms with Gasteiger partial charge in [0.05, 0.1) is 4.88 Å². The predicted molar refractivity (Wildman–Crippen MR) is 42.1 cm³/mol. The van der Waals surface area contributed by atoms with Crippen molar-refractivity contribution in [1.82, 2.24) is 4.98 Å². The van der Waals surface area contributed by atoms with Crippen molar-refractivity contribution in [3.8, 4) is 0 Å². The molecule has 3 nitrogen and oxygen atoms in total. The monoisotopic (exact) mass is 207 g/mol. The number of hydrogen-bond acceptors (Lipinski definition) is 4. The van der Waals surface area contributed by atoms with E-state index in [-0.39, 0.29) is 0 Å². The summed E-state index contributed by atoms with van der Waals surface area (Å²) < 4.78 is 0.771. The molecule has 1 heterocycles. The first-order valence-electron chi connectivity index (χ1n) is 2.34. The van der Waals surface area contributed by atoms with Crippen LogP contribution >= 0.6 is 27.3 Å². The normalized spacial score (nSPS) is 10.0. The first-order valence-corrected chi connectivity index (χ1v) is 3.95. The van der Waals surface area contributed by atoms with Crippen molar-refractivity contribution in [2.24, 2.45) is 5.73 Å². The maximum absolute atomic E-state index is 5.38. The zero-order valence-electron chi connectivity index (χ0n) is 4.60. The minimum Gasteiger partial charge on any atom is -0.375 e. The van der Waals surface area contributed by atoms with Gasteiger partial charge >= 0.3 is 0 Å². The molecule has 1 rings (SSSR count). The Bertz CT molecular complexity index is 210. The Morgan fingerprint density at radius 1 is 1.67 bits per heavy atom. The van der Waals surface area contributed by atoms with Gasteiger partial charge in [0, 0.05) is 6.54 Å². The van der Waals surface area contributed by atoms with Crippen LogP contribution in [-0.4, -0.2) is 4.98 Å². The molecule has 0 radical (unpaired) electrons. The molecule has 0 aromatic carbocycles. The number of hydrogen-bond donors (Lipinski definition) is 2. The van der Waals surface area contributed by atoms with E-state index in [0.717, 1.165) is 9.48 Å². The van der Waals surface area contributed by atoms with Crippen LogP contribution in [0, 0.1) is 0 Å². The topological polar surface area (TPSA) is 64.9 Å². The highest BCUT2D eigenvalue weighted by Gasteiger charge is 2.02. The summed E-state index contributed by atoms with van der Waals surface area (Å²) in [6.45, 7) is 0.495. The fraction of sp³-hybridized carbons (Fsp3) is 0.250. The third-order valence-electron chi connectivity index (χ3n) is 0.852. The van der Waals surface area contributed by atoms with E-state index in [2.05, 4.69) is 20.9 Å². The Morgan fingerprint density at radius 2 is 2.33 bits per heavy atom. The Kier molecular flexibility index (Phi) is 2.05. The molecule has 0 amide bonds. The van der Waals surface area contributed by atoms with Crippen molar-refractivity contribution in [2.45, 2.75) is 6.54 Å². The average molecular weight is 208 g/mol. The first kappa shape index (κ1) is 6.98. The van der Waals surface area contributed by atoms with Crippen molar-refractivity contribution < 1.29 is 0 Å². The van der Waals surface area contributed by atoms with Crippen LogP contribution < -0.4 is 11.5 Å². The van der Waals surface area contributed by atoms with Crippen LogP contribution in [0.5, 0.6) is 0 Å². The summed E-state index contributed by atoms with van der Waals surface area (Å²) in [5.41, 5.74) is 10.7. The lowest BCUT2D eigenvalue weighted by Crippen LogP contribution is -1.92. The van der Waals surface area contributed by atoms with E-state index >= 15 is 0 Å². The molecule has 0 unspecified atom stereocenters. The van der Waals surface area contributed by atoms with E-state index in [4.69, 9.17) is 11.5 Å². The van der Waals surface area contributed by atoms with Gasteiger partial charge in [-0.1, -0.05) is 11.3 Å². The predicted octanol–water partition coefficient (Wildman–Crippen LogP) is 0.946. The van der Waals surface area contributed by atoms with Gasteiger partial charge in [0.1, 0.15) is 4.60 Å². The Hall–Kier alpha value is -0.130. The lowest BCUT2D eigenvalue weighted by molar-refractivity contribution is 1.08. The van der Waals surface area contributed by atoms with E-state index < -0.39 is 0 Å². The fourth-order valence-electron chi connectivity index (χ4n) is 0.476. The maximum Gasteiger partial charge on any atom is 0.181 e. The van der Waals surface area contributed by atoms with Crippen LogP contribution in [-0.2, 0) is 6.54 Å². The number of halogens is 1. The van der Waals surface area contributed by atoms with Crippen molar-refractivity contribution in [2.75, 3.05) is 5.73 Å². The Morgan fingerprint density at radius 3 is 2.56 bits per heavy atom. The molecule has 0 aliphatic rings. The number of aromatic nitrogens is 1. The van der Waals surface area contributed by atoms with E-state index in [9.17, 15) is 0 Å². The summed E-state index contributed by atoms with van der Waals surface area (Å²) in [6, 6.07) is 0. The van der Waals surface area contributed by atoms with Gasteiger partial charge in [0.25, 0.3) is 0 Å². The smallest absolute Gasteiger partial charge is 0.181 e. The van der Waals surface area contributed by atoms with Gasteiger partial charge in [-0.05, 0) is 15.9 Å². The number of anilines is 1. The molecule has 1 aromatic heterocycles. The molecule has 1 aromatic rings. The van der Waals surface area contributed by atoms with Gasteiger partial charge in [0.15, 0.2) is 5.13 Å². The largest absolute Gasteiger partial charge is 0.375 e. The quantitative estimate of drug-likeness (QED) is 0.721. The molecule has 0 atom stereocenters. The van der Waals surface area contributed by atoms with Gasteiger partial charge in [0.2, 0.25) is 0 Å². The second-order valence-electron chi connectivity index (χ2n) is 1.47. The zero-order chi connectivity index (χ0) is 6.85. The minimum absolute atomic E-state index is 0.495. The average Bonchev–Trinajstić information content (AvgIpc) is 2.10. The van der Waals surface area contributed by atoms with E-state index in [1.807, 2.05) is 0 Å². The lowest BCUT2D eigenvalue weighted by atomic mass is 10.6. The molecule has 9 heavy (non-hydrogen) atoms. The number of rotatable bonds is 1. The van der Waals surface area contributed by atoms with Crippen molar-refractivity contribution in [1.29, 1.82) is 0 Å². The molecular formula is C4H6BrN3S. The number of thiazole rings is 1. The summed E-state index contributed by atoms with van der Waals surface area (Å²) in [5, 5.41) is 0.558. The molecule has 0 spiro atoms. The number of nitrogens with zero attached hydrogens (tertiary/aromatic N) is 1. The highest BCUT2D eigenvalue weighted by atomic mass is 79.9. The molecule has 0 bridgehead atoms. The molecule has 0 aliphatic carbocycles. The highest BCUT2D eigenvalue weighted by Crippen LogP contribution is 2.23. The summed E-state index contributed by atoms with van der Waals surface area (Å²) in [6.07, 6.45) is 0. The van der Waals surface area contributed by atoms with Gasteiger partial charge in [-0.25, -0.2) is 4.98 Å². The molecule has 0 aliphatic heterocycles. The number of nitrogen functional groups attached to an aromatic ring is 1. The van der Waals surface area contributed by atoms with E-state index in [1.165, 1.54) is 11.3 Å². The van der Waals surface area contributed by atoms with Gasteiger partial charge in [-0.15, -0.1) is 0 Å². The van der Waals surface area contributed by atoms with Crippen LogP contribution in [0.1, 0.15) is 4.88 Å². The SMILES string of the molecule is NCc1sc(N)nc1Br. The second kappa shape index (κ2) is 2.64. The van der Waals surface area contributed by atoms with Crippen molar-refractivity contribution in [3.05, 3.63) is 9.48 Å². The molecule has 0 saturated heterocycles. The summed E-state index contributed by atoms with van der Waals surface area (Å²) in [5.74, 6) is 0. The third kappa shape index (κ3) is 1.41. The van der Waals surface area contributed by atoms with Crippen LogP contribution in [0.3, 0.4) is 0 Å². The zero-order valence-corrected chi connectivity index (χ0v) is 7.00. The third-order valence-corrected chi connectivity index (χ3v) is 2.68. The molecule has 4 N–H and O–H groups in total. The summed E-state index contributed by atoms with van der Waals surface area (Å²) in [7, 11) is 0. The van der Waals surface area contributed by atoms with Gasteiger partial charge < -0.3 is 11.5 Å². The van der Waals surface area contributed by atoms with Crippen LogP contribution in [0.15, 0.2) is 4.60 Å². The Labute approximate surface area is 65.2 Å². The van der Waals surface area contributed by atoms with Crippen molar-refractivity contribution >= 4 is 32.4 Å². The number of nitrogens with two attached hydrogens (primary N) is 2. The minimum atomic E-state index is 0.495. The van der Waals surface area contributed by atoms with Crippen LogP contribution in [0.2, 0.25) is 0 Å². The summed E-state index contributed by atoms with van der Waals surface area (Å²) in [4.78, 5) is 4.91. The van der Waals surface area contributed by atoms with E-state index in [0.29, 0.717) is 11.7 Å². The van der Waals surface area contributed by atoms with E-state index in [1.54, 1.807) is 0 Å². The molecule has 50 valence electrons. The lowest BCUT2D eigenvalue weighted by Gasteiger charge is -1.83. The summed E-state index contributed by atoms with van der Waals surface area (Å²) >= 11 is 4.63. The maximum atomic E-state index is 5.38.